The molecule has 1 aliphatic carbocycles. The molecule has 34 heavy (non-hydrogen) atoms. The van der Waals surface area contributed by atoms with Crippen molar-refractivity contribution >= 4 is 40.2 Å². The van der Waals surface area contributed by atoms with Crippen LogP contribution in [-0.2, 0) is 4.79 Å². The average Bonchev–Trinajstić information content (AvgIpc) is 3.24. The molecule has 174 valence electrons. The fraction of sp³-hybridized carbons (Fsp3) is 0.286. The van der Waals surface area contributed by atoms with Gasteiger partial charge in [0.1, 0.15) is 6.04 Å². The van der Waals surface area contributed by atoms with Crippen LogP contribution in [0.1, 0.15) is 48.7 Å². The first-order valence-electron chi connectivity index (χ1n) is 11.6. The molecule has 2 amide bonds. The molecule has 6 heteroatoms. The van der Waals surface area contributed by atoms with Crippen molar-refractivity contribution < 1.29 is 9.59 Å². The fourth-order valence-corrected chi connectivity index (χ4v) is 5.88. The largest absolute Gasteiger partial charge is 0.357 e. The number of hydrogen-bond acceptors (Lipinski definition) is 4. The molecule has 0 spiro atoms. The van der Waals surface area contributed by atoms with Gasteiger partial charge in [-0.1, -0.05) is 49.7 Å². The molecule has 2 aliphatic rings. The molecule has 0 bridgehead atoms. The number of nitrogens with zero attached hydrogens (tertiary/aromatic N) is 1. The van der Waals surface area contributed by atoms with Gasteiger partial charge in [0.25, 0.3) is 0 Å². The number of carbonyl (C=O) groups excluding carboxylic acids is 2. The topological polar surface area (TPSA) is 61.4 Å². The zero-order valence-electron chi connectivity index (χ0n) is 19.9. The minimum Gasteiger partial charge on any atom is -0.357 e. The van der Waals surface area contributed by atoms with Crippen LogP contribution in [0.4, 0.5) is 21.9 Å². The Morgan fingerprint density at radius 1 is 1.09 bits per heavy atom. The summed E-state index contributed by atoms with van der Waals surface area (Å²) in [7, 11) is 0. The van der Waals surface area contributed by atoms with Crippen molar-refractivity contribution in [3.8, 4) is 0 Å². The van der Waals surface area contributed by atoms with Crippen LogP contribution in [-0.4, -0.2) is 11.8 Å². The van der Waals surface area contributed by atoms with E-state index < -0.39 is 6.04 Å². The molecule has 5 rings (SSSR count). The smallest absolute Gasteiger partial charge is 0.327 e. The fourth-order valence-electron chi connectivity index (χ4n) is 5.06. The van der Waals surface area contributed by atoms with Crippen LogP contribution in [0.25, 0.3) is 0 Å². The van der Waals surface area contributed by atoms with E-state index in [-0.39, 0.29) is 17.2 Å². The summed E-state index contributed by atoms with van der Waals surface area (Å²) in [4.78, 5) is 30.3. The Hall–Kier alpha value is -3.38. The SMILES string of the molecule is Cc1ccc(NC(=O)N2c3ccccc3NC3=C(C(=O)CC(C)(C)C3)[C@@H]2c2cccs2)c(C)c1. The number of urea groups is 1. The number of benzene rings is 2. The number of anilines is 3. The zero-order valence-corrected chi connectivity index (χ0v) is 20.8. The van der Waals surface area contributed by atoms with Crippen molar-refractivity contribution in [1.82, 2.24) is 0 Å². The molecule has 0 unspecified atom stereocenters. The number of nitrogens with one attached hydrogen (secondary N) is 2. The molecule has 1 atom stereocenters. The normalized spacial score (nSPS) is 19.1. The Labute approximate surface area is 204 Å². The molecule has 0 saturated heterocycles. The van der Waals surface area contributed by atoms with Gasteiger partial charge < -0.3 is 10.6 Å². The van der Waals surface area contributed by atoms with E-state index in [1.54, 1.807) is 16.2 Å². The third-order valence-electron chi connectivity index (χ3n) is 6.56. The van der Waals surface area contributed by atoms with Crippen LogP contribution in [0.5, 0.6) is 0 Å². The number of amides is 2. The zero-order chi connectivity index (χ0) is 24.0. The summed E-state index contributed by atoms with van der Waals surface area (Å²) in [6.45, 7) is 8.27. The quantitative estimate of drug-likeness (QED) is 0.415. The van der Waals surface area contributed by atoms with Crippen molar-refractivity contribution in [2.45, 2.75) is 46.6 Å². The molecular weight excluding hydrogens is 442 g/mol. The second-order valence-corrected chi connectivity index (χ2v) is 11.0. The van der Waals surface area contributed by atoms with Crippen LogP contribution in [0, 0.1) is 19.3 Å². The van der Waals surface area contributed by atoms with E-state index in [9.17, 15) is 9.59 Å². The highest BCUT2D eigenvalue weighted by Crippen LogP contribution is 2.49. The van der Waals surface area contributed by atoms with E-state index in [1.807, 2.05) is 67.8 Å². The van der Waals surface area contributed by atoms with Gasteiger partial charge in [0.15, 0.2) is 5.78 Å². The molecule has 0 radical (unpaired) electrons. The Bertz CT molecular complexity index is 1310. The molecule has 5 nitrogen and oxygen atoms in total. The molecule has 1 aliphatic heterocycles. The number of hydrogen-bond donors (Lipinski definition) is 2. The average molecular weight is 472 g/mol. The van der Waals surface area contributed by atoms with Gasteiger partial charge in [-0.05, 0) is 60.9 Å². The molecule has 2 N–H and O–H groups in total. The number of para-hydroxylation sites is 2. The number of thiophene rings is 1. The van der Waals surface area contributed by atoms with Crippen LogP contribution in [0.3, 0.4) is 0 Å². The number of fused-ring (bicyclic) bond motifs is 1. The summed E-state index contributed by atoms with van der Waals surface area (Å²) >= 11 is 1.57. The van der Waals surface area contributed by atoms with Crippen molar-refractivity contribution in [3.63, 3.8) is 0 Å². The number of Topliss-reactive ketones (excluding diaryl/α,β-unsaturated/α-hetero) is 1. The van der Waals surface area contributed by atoms with Gasteiger partial charge in [0.2, 0.25) is 0 Å². The third-order valence-corrected chi connectivity index (χ3v) is 7.48. The Kier molecular flexibility index (Phi) is 5.56. The van der Waals surface area contributed by atoms with Crippen LogP contribution < -0.4 is 15.5 Å². The van der Waals surface area contributed by atoms with Crippen molar-refractivity contribution in [3.05, 3.63) is 87.3 Å². The Morgan fingerprint density at radius 3 is 2.62 bits per heavy atom. The highest BCUT2D eigenvalue weighted by atomic mass is 32.1. The molecule has 2 heterocycles. The van der Waals surface area contributed by atoms with Gasteiger partial charge in [-0.2, -0.15) is 0 Å². The van der Waals surface area contributed by atoms with E-state index in [1.165, 1.54) is 0 Å². The predicted octanol–water partition coefficient (Wildman–Crippen LogP) is 7.21. The maximum atomic E-state index is 14.0. The number of rotatable bonds is 2. The lowest BCUT2D eigenvalue weighted by Crippen LogP contribution is -2.41. The first kappa shape index (κ1) is 22.4. The number of allylic oxidation sites excluding steroid dienone is 1. The van der Waals surface area contributed by atoms with Gasteiger partial charge >= 0.3 is 6.03 Å². The minimum absolute atomic E-state index is 0.0919. The third kappa shape index (κ3) is 4.03. The summed E-state index contributed by atoms with van der Waals surface area (Å²) < 4.78 is 0. The lowest BCUT2D eigenvalue weighted by molar-refractivity contribution is -0.118. The molecular formula is C28H29N3O2S. The number of carbonyl (C=O) groups is 2. The minimum atomic E-state index is -0.500. The van der Waals surface area contributed by atoms with Gasteiger partial charge in [0, 0.05) is 28.3 Å². The Morgan fingerprint density at radius 2 is 1.88 bits per heavy atom. The summed E-state index contributed by atoms with van der Waals surface area (Å²) in [5, 5.41) is 8.67. The summed E-state index contributed by atoms with van der Waals surface area (Å²) in [6, 6.07) is 17.0. The second-order valence-electron chi connectivity index (χ2n) is 10.0. The van der Waals surface area contributed by atoms with Crippen molar-refractivity contribution in [1.29, 1.82) is 0 Å². The van der Waals surface area contributed by atoms with Crippen LogP contribution in [0.2, 0.25) is 0 Å². The summed E-state index contributed by atoms with van der Waals surface area (Å²) in [5.74, 6) is 0.0919. The first-order chi connectivity index (χ1) is 16.2. The molecule has 1 aromatic heterocycles. The van der Waals surface area contributed by atoms with Crippen LogP contribution in [0.15, 0.2) is 71.2 Å². The summed E-state index contributed by atoms with van der Waals surface area (Å²) in [5.41, 5.74) is 5.94. The van der Waals surface area contributed by atoms with Gasteiger partial charge in [0.05, 0.1) is 11.4 Å². The first-order valence-corrected chi connectivity index (χ1v) is 12.4. The summed E-state index contributed by atoms with van der Waals surface area (Å²) in [6.07, 6.45) is 1.20. The lowest BCUT2D eigenvalue weighted by atomic mass is 9.74. The predicted molar refractivity (Wildman–Crippen MR) is 140 cm³/mol. The van der Waals surface area contributed by atoms with E-state index in [0.717, 1.165) is 45.2 Å². The van der Waals surface area contributed by atoms with Gasteiger partial charge in [-0.15, -0.1) is 11.3 Å². The van der Waals surface area contributed by atoms with E-state index in [2.05, 4.69) is 30.5 Å². The molecule has 3 aromatic rings. The Balaban J connectivity index is 1.68. The maximum absolute atomic E-state index is 14.0. The van der Waals surface area contributed by atoms with E-state index >= 15 is 0 Å². The highest BCUT2D eigenvalue weighted by molar-refractivity contribution is 7.10. The molecule has 0 fully saturated rings. The monoisotopic (exact) mass is 471 g/mol. The van der Waals surface area contributed by atoms with Crippen molar-refractivity contribution in [2.24, 2.45) is 5.41 Å². The number of ketones is 1. The second kappa shape index (κ2) is 8.44. The standard InChI is InChI=1S/C28H29N3O2S/c1-17-11-12-19(18(2)14-17)30-27(33)31-22-9-6-5-8-20(22)29-21-15-28(3,4)16-23(32)25(21)26(31)24-10-7-13-34-24/h5-14,26,29H,15-16H2,1-4H3,(H,30,33)/t26-/m0/s1. The maximum Gasteiger partial charge on any atom is 0.327 e. The van der Waals surface area contributed by atoms with Crippen LogP contribution >= 0.6 is 11.3 Å². The molecule has 0 saturated carbocycles. The molecule has 2 aromatic carbocycles. The van der Waals surface area contributed by atoms with Gasteiger partial charge in [-0.25, -0.2) is 4.79 Å². The van der Waals surface area contributed by atoms with Gasteiger partial charge in [-0.3, -0.25) is 9.69 Å². The van der Waals surface area contributed by atoms with E-state index in [0.29, 0.717) is 12.0 Å². The van der Waals surface area contributed by atoms with Crippen molar-refractivity contribution in [2.75, 3.05) is 15.5 Å². The number of aryl methyl sites for hydroxylation is 2. The lowest BCUT2D eigenvalue weighted by Gasteiger charge is -2.36. The highest BCUT2D eigenvalue weighted by Gasteiger charge is 2.43. The van der Waals surface area contributed by atoms with E-state index in [4.69, 9.17) is 0 Å².